The van der Waals surface area contributed by atoms with Gasteiger partial charge in [-0.3, -0.25) is 0 Å². The highest BCUT2D eigenvalue weighted by molar-refractivity contribution is 9.10. The van der Waals surface area contributed by atoms with Crippen LogP contribution in [0.1, 0.15) is 31.4 Å². The summed E-state index contributed by atoms with van der Waals surface area (Å²) in [5, 5.41) is 18.6. The molecule has 2 N–H and O–H groups in total. The van der Waals surface area contributed by atoms with Gasteiger partial charge in [0.1, 0.15) is 0 Å². The van der Waals surface area contributed by atoms with E-state index < -0.39 is 6.10 Å². The molecule has 1 saturated heterocycles. The van der Waals surface area contributed by atoms with Gasteiger partial charge in [-0.05, 0) is 43.4 Å². The molecule has 2 rings (SSSR count). The van der Waals surface area contributed by atoms with Crippen LogP contribution in [-0.4, -0.2) is 29.9 Å². The first-order chi connectivity index (χ1) is 8.61. The SMILES string of the molecule is C[C@H](O)c1ccc(N2CCC(CCO)C2)cc1Br. The zero-order chi connectivity index (χ0) is 13.1. The van der Waals surface area contributed by atoms with E-state index in [1.807, 2.05) is 6.07 Å². The lowest BCUT2D eigenvalue weighted by atomic mass is 10.1. The van der Waals surface area contributed by atoms with Crippen molar-refractivity contribution in [1.29, 1.82) is 0 Å². The van der Waals surface area contributed by atoms with Crippen molar-refractivity contribution in [2.75, 3.05) is 24.6 Å². The molecule has 0 amide bonds. The smallest absolute Gasteiger partial charge is 0.0772 e. The Balaban J connectivity index is 2.09. The molecular weight excluding hydrogens is 294 g/mol. The van der Waals surface area contributed by atoms with E-state index in [2.05, 4.69) is 33.0 Å². The number of nitrogens with zero attached hydrogens (tertiary/aromatic N) is 1. The maximum atomic E-state index is 9.60. The number of aliphatic hydroxyl groups is 2. The first-order valence-electron chi connectivity index (χ1n) is 6.45. The number of aliphatic hydroxyl groups excluding tert-OH is 2. The number of rotatable bonds is 4. The molecule has 1 aliphatic heterocycles. The van der Waals surface area contributed by atoms with Crippen LogP contribution >= 0.6 is 15.9 Å². The topological polar surface area (TPSA) is 43.7 Å². The molecule has 1 aliphatic rings. The number of anilines is 1. The fraction of sp³-hybridized carbons (Fsp3) is 0.571. The van der Waals surface area contributed by atoms with E-state index >= 15 is 0 Å². The van der Waals surface area contributed by atoms with E-state index in [0.717, 1.165) is 36.0 Å². The van der Waals surface area contributed by atoms with Crippen LogP contribution in [0.15, 0.2) is 22.7 Å². The highest BCUT2D eigenvalue weighted by Gasteiger charge is 2.22. The molecule has 3 nitrogen and oxygen atoms in total. The Hall–Kier alpha value is -0.580. The van der Waals surface area contributed by atoms with Crippen molar-refractivity contribution in [2.24, 2.45) is 5.92 Å². The van der Waals surface area contributed by atoms with Gasteiger partial charge in [0, 0.05) is 29.9 Å². The van der Waals surface area contributed by atoms with E-state index in [1.54, 1.807) is 6.92 Å². The molecule has 2 atom stereocenters. The average Bonchev–Trinajstić information content (AvgIpc) is 2.77. The van der Waals surface area contributed by atoms with Gasteiger partial charge in [-0.2, -0.15) is 0 Å². The Morgan fingerprint density at radius 1 is 1.50 bits per heavy atom. The zero-order valence-electron chi connectivity index (χ0n) is 10.6. The lowest BCUT2D eigenvalue weighted by Gasteiger charge is -2.20. The van der Waals surface area contributed by atoms with Gasteiger partial charge in [0.15, 0.2) is 0 Å². The molecule has 4 heteroatoms. The predicted octanol–water partition coefficient (Wildman–Crippen LogP) is 2.71. The summed E-state index contributed by atoms with van der Waals surface area (Å²) in [6.45, 7) is 4.11. The van der Waals surface area contributed by atoms with Gasteiger partial charge < -0.3 is 15.1 Å². The predicted molar refractivity (Wildman–Crippen MR) is 76.8 cm³/mol. The van der Waals surface area contributed by atoms with Gasteiger partial charge in [0.25, 0.3) is 0 Å². The largest absolute Gasteiger partial charge is 0.396 e. The average molecular weight is 314 g/mol. The zero-order valence-corrected chi connectivity index (χ0v) is 12.2. The van der Waals surface area contributed by atoms with Crippen molar-refractivity contribution in [3.63, 3.8) is 0 Å². The fourth-order valence-corrected chi connectivity index (χ4v) is 3.23. The van der Waals surface area contributed by atoms with Crippen molar-refractivity contribution in [2.45, 2.75) is 25.9 Å². The maximum Gasteiger partial charge on any atom is 0.0772 e. The van der Waals surface area contributed by atoms with E-state index in [-0.39, 0.29) is 6.61 Å². The lowest BCUT2D eigenvalue weighted by molar-refractivity contribution is 0.198. The molecular formula is C14H20BrNO2. The van der Waals surface area contributed by atoms with E-state index in [1.165, 1.54) is 5.69 Å². The summed E-state index contributed by atoms with van der Waals surface area (Å²) in [6.07, 6.45) is 1.59. The van der Waals surface area contributed by atoms with Gasteiger partial charge in [0.05, 0.1) is 6.10 Å². The molecule has 1 heterocycles. The van der Waals surface area contributed by atoms with Crippen molar-refractivity contribution < 1.29 is 10.2 Å². The van der Waals surface area contributed by atoms with Crippen LogP contribution < -0.4 is 4.90 Å². The quantitative estimate of drug-likeness (QED) is 0.898. The summed E-state index contributed by atoms with van der Waals surface area (Å²) in [5.41, 5.74) is 2.11. The van der Waals surface area contributed by atoms with Crippen LogP contribution in [-0.2, 0) is 0 Å². The van der Waals surface area contributed by atoms with Gasteiger partial charge >= 0.3 is 0 Å². The molecule has 0 bridgehead atoms. The van der Waals surface area contributed by atoms with Crippen LogP contribution in [0.2, 0.25) is 0 Å². The molecule has 0 spiro atoms. The van der Waals surface area contributed by atoms with Gasteiger partial charge in [-0.1, -0.05) is 22.0 Å². The molecule has 1 aromatic carbocycles. The van der Waals surface area contributed by atoms with E-state index in [4.69, 9.17) is 5.11 Å². The first kappa shape index (κ1) is 13.8. The molecule has 1 aromatic rings. The Bertz CT molecular complexity index is 409. The van der Waals surface area contributed by atoms with Crippen LogP contribution in [0.4, 0.5) is 5.69 Å². The standard InChI is InChI=1S/C14H20BrNO2/c1-10(18)13-3-2-12(8-14(13)15)16-6-4-11(9-16)5-7-17/h2-3,8,10-11,17-18H,4-7,9H2,1H3/t10-,11?/m0/s1. The highest BCUT2D eigenvalue weighted by Crippen LogP contribution is 2.31. The summed E-state index contributed by atoms with van der Waals surface area (Å²) < 4.78 is 0.959. The summed E-state index contributed by atoms with van der Waals surface area (Å²) in [6, 6.07) is 6.11. The second-order valence-corrected chi connectivity index (χ2v) is 5.85. The molecule has 18 heavy (non-hydrogen) atoms. The monoisotopic (exact) mass is 313 g/mol. The van der Waals surface area contributed by atoms with E-state index in [0.29, 0.717) is 5.92 Å². The van der Waals surface area contributed by atoms with E-state index in [9.17, 15) is 5.11 Å². The van der Waals surface area contributed by atoms with Crippen LogP contribution in [0, 0.1) is 5.92 Å². The Labute approximate surface area is 117 Å². The minimum atomic E-state index is -0.450. The van der Waals surface area contributed by atoms with Crippen LogP contribution in [0.25, 0.3) is 0 Å². The van der Waals surface area contributed by atoms with Crippen molar-refractivity contribution in [3.8, 4) is 0 Å². The minimum Gasteiger partial charge on any atom is -0.396 e. The normalized spacial score (nSPS) is 21.3. The Morgan fingerprint density at radius 3 is 2.89 bits per heavy atom. The van der Waals surface area contributed by atoms with Crippen LogP contribution in [0.3, 0.4) is 0 Å². The highest BCUT2D eigenvalue weighted by atomic mass is 79.9. The minimum absolute atomic E-state index is 0.281. The number of halogens is 1. The molecule has 0 aliphatic carbocycles. The fourth-order valence-electron chi connectivity index (χ4n) is 2.54. The third-order valence-corrected chi connectivity index (χ3v) is 4.31. The summed E-state index contributed by atoms with van der Waals surface area (Å²) >= 11 is 3.51. The van der Waals surface area contributed by atoms with Gasteiger partial charge in [0.2, 0.25) is 0 Å². The Kier molecular flexibility index (Phi) is 4.65. The number of benzene rings is 1. The van der Waals surface area contributed by atoms with Gasteiger partial charge in [-0.15, -0.1) is 0 Å². The Morgan fingerprint density at radius 2 is 2.28 bits per heavy atom. The molecule has 1 unspecified atom stereocenters. The van der Waals surface area contributed by atoms with Gasteiger partial charge in [-0.25, -0.2) is 0 Å². The molecule has 100 valence electrons. The molecule has 1 fully saturated rings. The number of hydrogen-bond acceptors (Lipinski definition) is 3. The van der Waals surface area contributed by atoms with Crippen molar-refractivity contribution in [1.82, 2.24) is 0 Å². The van der Waals surface area contributed by atoms with Crippen molar-refractivity contribution in [3.05, 3.63) is 28.2 Å². The van der Waals surface area contributed by atoms with Crippen molar-refractivity contribution >= 4 is 21.6 Å². The second-order valence-electron chi connectivity index (χ2n) is 4.99. The molecule has 0 aromatic heterocycles. The summed E-state index contributed by atoms with van der Waals surface area (Å²) in [5.74, 6) is 0.602. The van der Waals surface area contributed by atoms with Crippen LogP contribution in [0.5, 0.6) is 0 Å². The summed E-state index contributed by atoms with van der Waals surface area (Å²) in [4.78, 5) is 2.34. The third kappa shape index (κ3) is 3.05. The first-order valence-corrected chi connectivity index (χ1v) is 7.24. The molecule has 0 saturated carbocycles. The second kappa shape index (κ2) is 6.04. The third-order valence-electron chi connectivity index (χ3n) is 3.62. The molecule has 0 radical (unpaired) electrons. The number of hydrogen-bond donors (Lipinski definition) is 2. The summed E-state index contributed by atoms with van der Waals surface area (Å²) in [7, 11) is 0. The maximum absolute atomic E-state index is 9.60. The lowest BCUT2D eigenvalue weighted by Crippen LogP contribution is -2.20.